The molecule has 0 unspecified atom stereocenters. The van der Waals surface area contributed by atoms with Crippen LogP contribution in [-0.4, -0.2) is 22.7 Å². The Balaban J connectivity index is 1.54. The molecule has 0 bridgehead atoms. The first-order valence-electron chi connectivity index (χ1n) is 8.16. The molecule has 0 aliphatic carbocycles. The van der Waals surface area contributed by atoms with Gasteiger partial charge in [-0.1, -0.05) is 6.07 Å². The molecule has 0 saturated heterocycles. The Bertz CT molecular complexity index is 1030. The van der Waals surface area contributed by atoms with Crippen LogP contribution in [0.2, 0.25) is 0 Å². The van der Waals surface area contributed by atoms with E-state index in [0.717, 1.165) is 0 Å². The number of carbonyl (C=O) groups excluding carboxylic acids is 1. The van der Waals surface area contributed by atoms with Crippen molar-refractivity contribution >= 4 is 23.1 Å². The molecule has 1 aliphatic heterocycles. The maximum Gasteiger partial charge on any atom is 0.274 e. The zero-order valence-corrected chi connectivity index (χ0v) is 14.3. The molecule has 1 aromatic heterocycles. The van der Waals surface area contributed by atoms with Crippen LogP contribution >= 0.6 is 0 Å². The Hall–Kier alpha value is -3.68. The predicted octanol–water partition coefficient (Wildman–Crippen LogP) is 3.65. The highest BCUT2D eigenvalue weighted by atomic mass is 19.1. The Morgan fingerprint density at radius 2 is 1.89 bits per heavy atom. The quantitative estimate of drug-likeness (QED) is 0.733. The topological polar surface area (TPSA) is 85.4 Å². The van der Waals surface area contributed by atoms with Gasteiger partial charge in [0.2, 0.25) is 6.79 Å². The number of nitrogens with one attached hydrogen (secondary N) is 2. The summed E-state index contributed by atoms with van der Waals surface area (Å²) in [6.45, 7) is 1.83. The zero-order valence-electron chi connectivity index (χ0n) is 14.3. The highest BCUT2D eigenvalue weighted by Crippen LogP contribution is 2.34. The van der Waals surface area contributed by atoms with Gasteiger partial charge in [0.25, 0.3) is 5.91 Å². The third kappa shape index (κ3) is 3.79. The van der Waals surface area contributed by atoms with Gasteiger partial charge in [0.1, 0.15) is 23.2 Å². The van der Waals surface area contributed by atoms with E-state index in [0.29, 0.717) is 34.5 Å². The number of amides is 1. The molecular weight excluding hydrogens is 351 g/mol. The number of aryl methyl sites for hydroxylation is 1. The largest absolute Gasteiger partial charge is 0.454 e. The lowest BCUT2D eigenvalue weighted by atomic mass is 10.2. The number of halogens is 1. The summed E-state index contributed by atoms with van der Waals surface area (Å²) in [6, 6.07) is 12.6. The standard InChI is InChI=1S/C19H15FN4O3/c1-11-21-15(9-18(22-11)23-13-4-2-3-12(20)7-13)19(25)24-14-5-6-16-17(8-14)27-10-26-16/h2-9H,10H2,1H3,(H,24,25)(H,21,22,23). The summed E-state index contributed by atoms with van der Waals surface area (Å²) in [5, 5.41) is 5.73. The van der Waals surface area contributed by atoms with Crippen molar-refractivity contribution in [1.82, 2.24) is 9.97 Å². The van der Waals surface area contributed by atoms with Crippen LogP contribution in [-0.2, 0) is 0 Å². The van der Waals surface area contributed by atoms with Crippen molar-refractivity contribution in [2.45, 2.75) is 6.92 Å². The van der Waals surface area contributed by atoms with Crippen molar-refractivity contribution in [2.75, 3.05) is 17.4 Å². The predicted molar refractivity (Wildman–Crippen MR) is 97.0 cm³/mol. The van der Waals surface area contributed by atoms with Gasteiger partial charge in [-0.2, -0.15) is 0 Å². The van der Waals surface area contributed by atoms with Crippen LogP contribution in [0.3, 0.4) is 0 Å². The molecular formula is C19H15FN4O3. The van der Waals surface area contributed by atoms with Crippen LogP contribution in [0.5, 0.6) is 11.5 Å². The maximum atomic E-state index is 13.3. The number of hydrogen-bond donors (Lipinski definition) is 2. The maximum absolute atomic E-state index is 13.3. The number of benzene rings is 2. The zero-order chi connectivity index (χ0) is 18.8. The summed E-state index contributed by atoms with van der Waals surface area (Å²) in [5.41, 5.74) is 1.26. The Morgan fingerprint density at radius 3 is 2.74 bits per heavy atom. The molecule has 136 valence electrons. The van der Waals surface area contributed by atoms with Crippen molar-refractivity contribution < 1.29 is 18.7 Å². The lowest BCUT2D eigenvalue weighted by Crippen LogP contribution is -2.15. The van der Waals surface area contributed by atoms with Crippen molar-refractivity contribution in [3.8, 4) is 11.5 Å². The highest BCUT2D eigenvalue weighted by Gasteiger charge is 2.16. The summed E-state index contributed by atoms with van der Waals surface area (Å²) in [4.78, 5) is 21.0. The molecule has 0 atom stereocenters. The van der Waals surface area contributed by atoms with E-state index in [4.69, 9.17) is 9.47 Å². The van der Waals surface area contributed by atoms with Gasteiger partial charge >= 0.3 is 0 Å². The second-order valence-corrected chi connectivity index (χ2v) is 5.84. The van der Waals surface area contributed by atoms with Gasteiger partial charge in [-0.25, -0.2) is 14.4 Å². The molecule has 0 radical (unpaired) electrons. The number of fused-ring (bicyclic) bond motifs is 1. The molecule has 0 spiro atoms. The highest BCUT2D eigenvalue weighted by molar-refractivity contribution is 6.03. The molecule has 2 N–H and O–H groups in total. The second kappa shape index (κ2) is 6.91. The first kappa shape index (κ1) is 16.8. The molecule has 2 aromatic carbocycles. The Kier molecular flexibility index (Phi) is 4.29. The lowest BCUT2D eigenvalue weighted by Gasteiger charge is -2.10. The van der Waals surface area contributed by atoms with Crippen molar-refractivity contribution in [3.05, 3.63) is 65.9 Å². The van der Waals surface area contributed by atoms with E-state index < -0.39 is 5.91 Å². The van der Waals surface area contributed by atoms with Crippen LogP contribution in [0.15, 0.2) is 48.5 Å². The molecule has 4 rings (SSSR count). The number of ether oxygens (including phenoxy) is 2. The molecule has 27 heavy (non-hydrogen) atoms. The van der Waals surface area contributed by atoms with Crippen molar-refractivity contribution in [1.29, 1.82) is 0 Å². The van der Waals surface area contributed by atoms with Crippen molar-refractivity contribution in [2.24, 2.45) is 0 Å². The van der Waals surface area contributed by atoms with E-state index in [1.165, 1.54) is 18.2 Å². The summed E-state index contributed by atoms with van der Waals surface area (Å²) in [5.74, 6) is 1.23. The van der Waals surface area contributed by atoms with Crippen LogP contribution in [0, 0.1) is 12.7 Å². The third-order valence-electron chi connectivity index (χ3n) is 3.80. The van der Waals surface area contributed by atoms with Gasteiger partial charge < -0.3 is 20.1 Å². The number of aromatic nitrogens is 2. The summed E-state index contributed by atoms with van der Waals surface area (Å²) < 4.78 is 23.9. The normalized spacial score (nSPS) is 11.9. The first-order valence-corrected chi connectivity index (χ1v) is 8.16. The number of carbonyl (C=O) groups is 1. The fourth-order valence-electron chi connectivity index (χ4n) is 2.63. The van der Waals surface area contributed by atoms with Gasteiger partial charge in [-0.05, 0) is 37.3 Å². The number of hydrogen-bond acceptors (Lipinski definition) is 6. The minimum Gasteiger partial charge on any atom is -0.454 e. The SMILES string of the molecule is Cc1nc(Nc2cccc(F)c2)cc(C(=O)Nc2ccc3c(c2)OCO3)n1. The van der Waals surface area contributed by atoms with E-state index in [-0.39, 0.29) is 18.3 Å². The molecule has 8 heteroatoms. The van der Waals surface area contributed by atoms with Gasteiger partial charge in [0.05, 0.1) is 0 Å². The van der Waals surface area contributed by atoms with Gasteiger partial charge in [0.15, 0.2) is 11.5 Å². The van der Waals surface area contributed by atoms with Crippen LogP contribution in [0.1, 0.15) is 16.3 Å². The minimum absolute atomic E-state index is 0.160. The first-order chi connectivity index (χ1) is 13.1. The summed E-state index contributed by atoms with van der Waals surface area (Å²) in [7, 11) is 0. The molecule has 2 heterocycles. The smallest absolute Gasteiger partial charge is 0.274 e. The number of nitrogens with zero attached hydrogens (tertiary/aromatic N) is 2. The van der Waals surface area contributed by atoms with Gasteiger partial charge in [-0.15, -0.1) is 0 Å². The van der Waals surface area contributed by atoms with Crippen LogP contribution in [0.25, 0.3) is 0 Å². The van der Waals surface area contributed by atoms with Crippen LogP contribution < -0.4 is 20.1 Å². The molecule has 1 aliphatic rings. The van der Waals surface area contributed by atoms with Crippen molar-refractivity contribution in [3.63, 3.8) is 0 Å². The third-order valence-corrected chi connectivity index (χ3v) is 3.80. The van der Waals surface area contributed by atoms with E-state index in [9.17, 15) is 9.18 Å². The van der Waals surface area contributed by atoms with E-state index >= 15 is 0 Å². The number of rotatable bonds is 4. The van der Waals surface area contributed by atoms with Gasteiger partial charge in [-0.3, -0.25) is 4.79 Å². The average Bonchev–Trinajstić information content (AvgIpc) is 3.09. The number of anilines is 3. The molecule has 0 fully saturated rings. The fourth-order valence-corrected chi connectivity index (χ4v) is 2.63. The minimum atomic E-state index is -0.401. The molecule has 0 saturated carbocycles. The molecule has 1 amide bonds. The average molecular weight is 366 g/mol. The van der Waals surface area contributed by atoms with E-state index in [2.05, 4.69) is 20.6 Å². The molecule has 3 aromatic rings. The van der Waals surface area contributed by atoms with Gasteiger partial charge in [0, 0.05) is 23.5 Å². The summed E-state index contributed by atoms with van der Waals surface area (Å²) >= 11 is 0. The fraction of sp³-hybridized carbons (Fsp3) is 0.105. The second-order valence-electron chi connectivity index (χ2n) is 5.84. The molecule has 7 nitrogen and oxygen atoms in total. The summed E-state index contributed by atoms with van der Waals surface area (Å²) in [6.07, 6.45) is 0. The monoisotopic (exact) mass is 366 g/mol. The van der Waals surface area contributed by atoms with Crippen LogP contribution in [0.4, 0.5) is 21.6 Å². The Morgan fingerprint density at radius 1 is 1.04 bits per heavy atom. The Labute approximate surface area is 154 Å². The van der Waals surface area contributed by atoms with E-state index in [1.807, 2.05) is 0 Å². The van der Waals surface area contributed by atoms with E-state index in [1.54, 1.807) is 37.3 Å². The lowest BCUT2D eigenvalue weighted by molar-refractivity contribution is 0.102.